The first-order valence-electron chi connectivity index (χ1n) is 5.63. The molecule has 1 fully saturated rings. The van der Waals surface area contributed by atoms with Gasteiger partial charge in [-0.05, 0) is 46.1 Å². The molecule has 2 rings (SSSR count). The van der Waals surface area contributed by atoms with E-state index in [1.807, 2.05) is 10.7 Å². The highest BCUT2D eigenvalue weighted by Crippen LogP contribution is 2.33. The van der Waals surface area contributed by atoms with Gasteiger partial charge in [-0.2, -0.15) is 5.10 Å². The molecule has 0 amide bonds. The summed E-state index contributed by atoms with van der Waals surface area (Å²) in [4.78, 5) is 0. The lowest BCUT2D eigenvalue weighted by atomic mass is 10.0. The zero-order valence-electron chi connectivity index (χ0n) is 9.70. The van der Waals surface area contributed by atoms with Gasteiger partial charge in [-0.15, -0.1) is 0 Å². The van der Waals surface area contributed by atoms with Crippen molar-refractivity contribution in [2.75, 3.05) is 0 Å². The van der Waals surface area contributed by atoms with Crippen molar-refractivity contribution in [3.63, 3.8) is 0 Å². The third-order valence-corrected chi connectivity index (χ3v) is 3.01. The maximum absolute atomic E-state index is 9.48. The first-order chi connectivity index (χ1) is 6.97. The van der Waals surface area contributed by atoms with Crippen molar-refractivity contribution in [3.8, 4) is 0 Å². The quantitative estimate of drug-likeness (QED) is 0.765. The zero-order chi connectivity index (χ0) is 11.1. The number of hydrogen-bond donors (Lipinski definition) is 1. The minimum atomic E-state index is -0.130. The van der Waals surface area contributed by atoms with Crippen LogP contribution < -0.4 is 0 Å². The van der Waals surface area contributed by atoms with Crippen LogP contribution in [-0.4, -0.2) is 21.0 Å². The molecule has 2 atom stereocenters. The van der Waals surface area contributed by atoms with Gasteiger partial charge in [0.25, 0.3) is 0 Å². The Balaban J connectivity index is 2.14. The Hall–Kier alpha value is -0.830. The summed E-state index contributed by atoms with van der Waals surface area (Å²) in [6.45, 7) is 6.34. The van der Waals surface area contributed by atoms with Crippen molar-refractivity contribution in [1.29, 1.82) is 0 Å². The number of aliphatic hydroxyl groups is 1. The fourth-order valence-electron chi connectivity index (χ4n) is 2.07. The summed E-state index contributed by atoms with van der Waals surface area (Å²) >= 11 is 0. The highest BCUT2D eigenvalue weighted by atomic mass is 16.3. The molecule has 1 aliphatic carbocycles. The summed E-state index contributed by atoms with van der Waals surface area (Å²) in [5.74, 6) is 0.430. The van der Waals surface area contributed by atoms with Crippen LogP contribution >= 0.6 is 0 Å². The maximum atomic E-state index is 9.48. The standard InChI is InChI=1S/C12H19N2O/c1-12(2,3)14-7-6-11(13-14)9-4-5-10(15)8-9/h6,9-10,15H,4-5,8H2,1-3H3/t9-,10+/m1/s1. The highest BCUT2D eigenvalue weighted by molar-refractivity contribution is 5.09. The Bertz CT molecular complexity index is 338. The monoisotopic (exact) mass is 207 g/mol. The SMILES string of the molecule is CC(C)(C)n1[c]cc([C@@H]2CC[C@H](O)C2)n1. The molecule has 0 bridgehead atoms. The molecule has 0 saturated heterocycles. The van der Waals surface area contributed by atoms with Crippen molar-refractivity contribution in [2.24, 2.45) is 0 Å². The van der Waals surface area contributed by atoms with E-state index in [1.165, 1.54) is 0 Å². The molecule has 0 unspecified atom stereocenters. The van der Waals surface area contributed by atoms with Gasteiger partial charge in [-0.1, -0.05) is 0 Å². The molecule has 3 nitrogen and oxygen atoms in total. The topological polar surface area (TPSA) is 38.0 Å². The third kappa shape index (κ3) is 2.23. The third-order valence-electron chi connectivity index (χ3n) is 3.01. The zero-order valence-corrected chi connectivity index (χ0v) is 9.70. The predicted molar refractivity (Wildman–Crippen MR) is 58.7 cm³/mol. The summed E-state index contributed by atoms with van der Waals surface area (Å²) in [6, 6.07) is 1.97. The van der Waals surface area contributed by atoms with Gasteiger partial charge >= 0.3 is 0 Å². The van der Waals surface area contributed by atoms with Crippen LogP contribution in [0.15, 0.2) is 6.07 Å². The van der Waals surface area contributed by atoms with Crippen LogP contribution in [0.3, 0.4) is 0 Å². The Morgan fingerprint density at radius 1 is 1.47 bits per heavy atom. The van der Waals surface area contributed by atoms with Gasteiger partial charge in [0.05, 0.1) is 23.5 Å². The van der Waals surface area contributed by atoms with Crippen molar-refractivity contribution in [1.82, 2.24) is 9.78 Å². The van der Waals surface area contributed by atoms with Crippen LogP contribution in [0, 0.1) is 6.20 Å². The molecule has 1 heterocycles. The second-order valence-corrected chi connectivity index (χ2v) is 5.44. The smallest absolute Gasteiger partial charge is 0.0872 e. The molecule has 1 aromatic rings. The van der Waals surface area contributed by atoms with Gasteiger partial charge in [0, 0.05) is 5.92 Å². The summed E-state index contributed by atoms with van der Waals surface area (Å²) < 4.78 is 1.88. The molecule has 3 heteroatoms. The van der Waals surface area contributed by atoms with E-state index in [0.717, 1.165) is 25.0 Å². The average molecular weight is 207 g/mol. The number of aromatic nitrogens is 2. The van der Waals surface area contributed by atoms with Crippen molar-refractivity contribution < 1.29 is 5.11 Å². The lowest BCUT2D eigenvalue weighted by Crippen LogP contribution is -2.22. The van der Waals surface area contributed by atoms with Gasteiger partial charge in [0.15, 0.2) is 0 Å². The number of hydrogen-bond acceptors (Lipinski definition) is 2. The molecule has 1 radical (unpaired) electrons. The lowest BCUT2D eigenvalue weighted by Gasteiger charge is -2.18. The van der Waals surface area contributed by atoms with E-state index in [9.17, 15) is 5.11 Å². The molecule has 83 valence electrons. The van der Waals surface area contributed by atoms with E-state index < -0.39 is 0 Å². The molecular weight excluding hydrogens is 188 g/mol. The van der Waals surface area contributed by atoms with E-state index in [1.54, 1.807) is 0 Å². The Morgan fingerprint density at radius 2 is 2.20 bits per heavy atom. The summed E-state index contributed by atoms with van der Waals surface area (Å²) in [6.07, 6.45) is 5.85. The van der Waals surface area contributed by atoms with Crippen molar-refractivity contribution in [2.45, 2.75) is 57.6 Å². The molecule has 0 aliphatic heterocycles. The second kappa shape index (κ2) is 3.63. The van der Waals surface area contributed by atoms with Gasteiger partial charge in [-0.25, -0.2) is 0 Å². The Labute approximate surface area is 91.1 Å². The molecule has 1 aromatic heterocycles. The van der Waals surface area contributed by atoms with Crippen LogP contribution in [-0.2, 0) is 5.54 Å². The van der Waals surface area contributed by atoms with Crippen LogP contribution in [0.4, 0.5) is 0 Å². The summed E-state index contributed by atoms with van der Waals surface area (Å²) in [5.41, 5.74) is 1.08. The summed E-state index contributed by atoms with van der Waals surface area (Å²) in [7, 11) is 0. The van der Waals surface area contributed by atoms with Gasteiger partial charge in [-0.3, -0.25) is 4.68 Å². The molecule has 1 aliphatic rings. The van der Waals surface area contributed by atoms with Crippen LogP contribution in [0.5, 0.6) is 0 Å². The minimum absolute atomic E-state index is 0.00449. The summed E-state index contributed by atoms with van der Waals surface area (Å²) in [5, 5.41) is 14.0. The first-order valence-corrected chi connectivity index (χ1v) is 5.63. The van der Waals surface area contributed by atoms with Gasteiger partial charge in [0.1, 0.15) is 0 Å². The normalized spacial score (nSPS) is 27.2. The van der Waals surface area contributed by atoms with E-state index in [2.05, 4.69) is 32.1 Å². The number of nitrogens with zero attached hydrogens (tertiary/aromatic N) is 2. The average Bonchev–Trinajstić information content (AvgIpc) is 2.69. The molecule has 0 spiro atoms. The number of aliphatic hydroxyl groups excluding tert-OH is 1. The maximum Gasteiger partial charge on any atom is 0.0872 e. The molecule has 1 saturated carbocycles. The fourth-order valence-corrected chi connectivity index (χ4v) is 2.07. The predicted octanol–water partition coefficient (Wildman–Crippen LogP) is 2.07. The van der Waals surface area contributed by atoms with Gasteiger partial charge in [0.2, 0.25) is 0 Å². The number of rotatable bonds is 1. The van der Waals surface area contributed by atoms with Crippen LogP contribution in [0.1, 0.15) is 51.6 Å². The largest absolute Gasteiger partial charge is 0.393 e. The Kier molecular flexibility index (Phi) is 2.59. The van der Waals surface area contributed by atoms with E-state index >= 15 is 0 Å². The Morgan fingerprint density at radius 3 is 2.67 bits per heavy atom. The molecular formula is C12H19N2O. The second-order valence-electron chi connectivity index (χ2n) is 5.44. The van der Waals surface area contributed by atoms with Crippen LogP contribution in [0.2, 0.25) is 0 Å². The van der Waals surface area contributed by atoms with Gasteiger partial charge < -0.3 is 5.11 Å². The van der Waals surface area contributed by atoms with E-state index in [-0.39, 0.29) is 11.6 Å². The fraction of sp³-hybridized carbons (Fsp3) is 0.750. The molecule has 0 aromatic carbocycles. The lowest BCUT2D eigenvalue weighted by molar-refractivity contribution is 0.181. The van der Waals surface area contributed by atoms with E-state index in [4.69, 9.17) is 0 Å². The van der Waals surface area contributed by atoms with E-state index in [0.29, 0.717) is 5.92 Å². The first kappa shape index (κ1) is 10.7. The highest BCUT2D eigenvalue weighted by Gasteiger charge is 2.26. The molecule has 15 heavy (non-hydrogen) atoms. The van der Waals surface area contributed by atoms with Crippen molar-refractivity contribution >= 4 is 0 Å². The molecule has 1 N–H and O–H groups in total. The van der Waals surface area contributed by atoms with Crippen molar-refractivity contribution in [3.05, 3.63) is 18.0 Å². The minimum Gasteiger partial charge on any atom is -0.393 e. The van der Waals surface area contributed by atoms with Crippen LogP contribution in [0.25, 0.3) is 0 Å².